The molecule has 1 N–H and O–H groups in total. The zero-order chi connectivity index (χ0) is 19.9. The Balaban J connectivity index is 1.53. The minimum absolute atomic E-state index is 0.0871. The second-order valence-electron chi connectivity index (χ2n) is 6.82. The molecule has 1 aliphatic heterocycles. The van der Waals surface area contributed by atoms with Crippen molar-refractivity contribution in [1.82, 2.24) is 24.3 Å². The van der Waals surface area contributed by atoms with Crippen molar-refractivity contribution in [3.05, 3.63) is 36.5 Å². The summed E-state index contributed by atoms with van der Waals surface area (Å²) in [5.74, 6) is 1.75. The number of aromatic nitrogens is 5. The number of imidazole rings is 1. The van der Waals surface area contributed by atoms with E-state index in [0.717, 1.165) is 12.6 Å². The second-order valence-corrected chi connectivity index (χ2v) is 6.82. The van der Waals surface area contributed by atoms with Gasteiger partial charge in [-0.1, -0.05) is 0 Å². The summed E-state index contributed by atoms with van der Waals surface area (Å²) in [6.45, 7) is 1.24. The molecule has 11 heteroatoms. The topological polar surface area (TPSA) is 74.5 Å². The first-order valence-corrected chi connectivity index (χ1v) is 8.74. The Bertz CT molecular complexity index is 984. The Morgan fingerprint density at radius 2 is 2.00 bits per heavy atom. The number of nitrogens with one attached hydrogen (secondary N) is 1. The van der Waals surface area contributed by atoms with Gasteiger partial charge in [0, 0.05) is 58.0 Å². The fourth-order valence-corrected chi connectivity index (χ4v) is 3.19. The molecule has 4 heterocycles. The lowest BCUT2D eigenvalue weighted by molar-refractivity contribution is -0.140. The molecular formula is C17H19F3N8. The van der Waals surface area contributed by atoms with Crippen LogP contribution in [-0.2, 0) is 6.18 Å². The van der Waals surface area contributed by atoms with Gasteiger partial charge in [0.1, 0.15) is 5.82 Å². The van der Waals surface area contributed by atoms with E-state index in [4.69, 9.17) is 0 Å². The molecule has 1 saturated heterocycles. The van der Waals surface area contributed by atoms with Crippen molar-refractivity contribution in [3.8, 4) is 0 Å². The molecule has 1 unspecified atom stereocenters. The fourth-order valence-electron chi connectivity index (χ4n) is 3.19. The van der Waals surface area contributed by atoms with E-state index in [-0.39, 0.29) is 11.7 Å². The summed E-state index contributed by atoms with van der Waals surface area (Å²) in [6, 6.07) is 1.88. The summed E-state index contributed by atoms with van der Waals surface area (Å²) < 4.78 is 40.3. The summed E-state index contributed by atoms with van der Waals surface area (Å²) >= 11 is 0. The molecule has 8 nitrogen and oxygen atoms in total. The number of anilines is 3. The van der Waals surface area contributed by atoms with Gasteiger partial charge in [0.15, 0.2) is 17.2 Å². The number of alkyl halides is 3. The number of rotatable bonds is 4. The summed E-state index contributed by atoms with van der Waals surface area (Å²) in [7, 11) is 3.73. The number of halogens is 3. The third-order valence-corrected chi connectivity index (χ3v) is 4.53. The van der Waals surface area contributed by atoms with Gasteiger partial charge in [-0.2, -0.15) is 18.2 Å². The zero-order valence-corrected chi connectivity index (χ0v) is 15.3. The maximum Gasteiger partial charge on any atom is 0.434 e. The molecule has 0 bridgehead atoms. The minimum Gasteiger partial charge on any atom is -0.365 e. The highest BCUT2D eigenvalue weighted by Gasteiger charge is 2.35. The molecule has 0 amide bonds. The summed E-state index contributed by atoms with van der Waals surface area (Å²) in [6.07, 6.45) is 1.93. The molecule has 0 saturated carbocycles. The van der Waals surface area contributed by atoms with E-state index in [9.17, 15) is 13.2 Å². The Morgan fingerprint density at radius 3 is 2.75 bits per heavy atom. The Morgan fingerprint density at radius 1 is 1.18 bits per heavy atom. The maximum atomic E-state index is 13.0. The van der Waals surface area contributed by atoms with Crippen molar-refractivity contribution in [1.29, 1.82) is 0 Å². The van der Waals surface area contributed by atoms with E-state index >= 15 is 0 Å². The predicted molar refractivity (Wildman–Crippen MR) is 98.6 cm³/mol. The van der Waals surface area contributed by atoms with Gasteiger partial charge in [0.25, 0.3) is 0 Å². The van der Waals surface area contributed by atoms with Gasteiger partial charge in [0.2, 0.25) is 5.95 Å². The van der Waals surface area contributed by atoms with Crippen LogP contribution in [0.3, 0.4) is 0 Å². The van der Waals surface area contributed by atoms with Crippen LogP contribution >= 0.6 is 0 Å². The van der Waals surface area contributed by atoms with Crippen molar-refractivity contribution in [2.24, 2.45) is 0 Å². The number of hydrogen-bond donors (Lipinski definition) is 1. The van der Waals surface area contributed by atoms with E-state index in [0.29, 0.717) is 30.7 Å². The number of hydrogen-bond acceptors (Lipinski definition) is 7. The first-order chi connectivity index (χ1) is 13.3. The summed E-state index contributed by atoms with van der Waals surface area (Å²) in [5.41, 5.74) is -0.722. The highest BCUT2D eigenvalue weighted by molar-refractivity contribution is 5.65. The molecule has 1 atom stereocenters. The van der Waals surface area contributed by atoms with Crippen LogP contribution < -0.4 is 15.1 Å². The first kappa shape index (κ1) is 18.3. The van der Waals surface area contributed by atoms with E-state index in [1.165, 1.54) is 16.8 Å². The molecule has 148 valence electrons. The molecule has 1 aliphatic rings. The van der Waals surface area contributed by atoms with Gasteiger partial charge < -0.3 is 19.5 Å². The van der Waals surface area contributed by atoms with Crippen LogP contribution in [0.25, 0.3) is 5.65 Å². The standard InChI is InChI=1S/C17H19F3N8/c1-26(2)16-22-5-3-13(25-16)23-11-4-7-27(9-11)14-15-24-12(17(18,19)20)10-28(15)8-6-21-14/h3,5-6,8,10-11H,4,7,9H2,1-2H3,(H,22,23,25). The van der Waals surface area contributed by atoms with Gasteiger partial charge in [0.05, 0.1) is 0 Å². The number of nitrogens with zero attached hydrogens (tertiary/aromatic N) is 7. The lowest BCUT2D eigenvalue weighted by Crippen LogP contribution is -2.27. The molecule has 3 aromatic heterocycles. The molecule has 0 spiro atoms. The van der Waals surface area contributed by atoms with E-state index in [1.807, 2.05) is 23.9 Å². The molecule has 1 fully saturated rings. The van der Waals surface area contributed by atoms with Crippen LogP contribution in [0, 0.1) is 0 Å². The van der Waals surface area contributed by atoms with Crippen LogP contribution in [0.5, 0.6) is 0 Å². The third kappa shape index (κ3) is 3.51. The van der Waals surface area contributed by atoms with Crippen molar-refractivity contribution in [3.63, 3.8) is 0 Å². The van der Waals surface area contributed by atoms with E-state index in [2.05, 4.69) is 25.3 Å². The lowest BCUT2D eigenvalue weighted by Gasteiger charge is -2.19. The molecule has 4 rings (SSSR count). The van der Waals surface area contributed by atoms with Gasteiger partial charge in [-0.3, -0.25) is 0 Å². The second kappa shape index (κ2) is 6.80. The van der Waals surface area contributed by atoms with Crippen LogP contribution in [0.15, 0.2) is 30.9 Å². The molecule has 28 heavy (non-hydrogen) atoms. The van der Waals surface area contributed by atoms with Crippen LogP contribution in [-0.4, -0.2) is 57.6 Å². The monoisotopic (exact) mass is 392 g/mol. The van der Waals surface area contributed by atoms with Gasteiger partial charge >= 0.3 is 6.18 Å². The SMILES string of the molecule is CN(C)c1nccc(NC2CCN(c3nccn4cc(C(F)(F)F)nc34)C2)n1. The highest BCUT2D eigenvalue weighted by atomic mass is 19.4. The van der Waals surface area contributed by atoms with Gasteiger partial charge in [-0.05, 0) is 12.5 Å². The minimum atomic E-state index is -4.49. The maximum absolute atomic E-state index is 13.0. The molecule has 0 aromatic carbocycles. The quantitative estimate of drug-likeness (QED) is 0.730. The van der Waals surface area contributed by atoms with E-state index in [1.54, 1.807) is 12.3 Å². The van der Waals surface area contributed by atoms with Gasteiger partial charge in [-0.25, -0.2) is 15.0 Å². The number of fused-ring (bicyclic) bond motifs is 1. The predicted octanol–water partition coefficient (Wildman–Crippen LogP) is 2.29. The smallest absolute Gasteiger partial charge is 0.365 e. The third-order valence-electron chi connectivity index (χ3n) is 4.53. The zero-order valence-electron chi connectivity index (χ0n) is 15.3. The first-order valence-electron chi connectivity index (χ1n) is 8.74. The summed E-state index contributed by atoms with van der Waals surface area (Å²) in [5, 5.41) is 3.36. The fraction of sp³-hybridized carbons (Fsp3) is 0.412. The molecule has 3 aromatic rings. The van der Waals surface area contributed by atoms with Crippen molar-refractivity contribution < 1.29 is 13.2 Å². The molecule has 0 aliphatic carbocycles. The largest absolute Gasteiger partial charge is 0.434 e. The average Bonchev–Trinajstić information content (AvgIpc) is 3.28. The summed E-state index contributed by atoms with van der Waals surface area (Å²) in [4.78, 5) is 20.4. The normalized spacial score (nSPS) is 17.3. The van der Waals surface area contributed by atoms with Crippen molar-refractivity contribution in [2.45, 2.75) is 18.6 Å². The Labute approximate surface area is 159 Å². The van der Waals surface area contributed by atoms with Crippen LogP contribution in [0.4, 0.5) is 30.8 Å². The lowest BCUT2D eigenvalue weighted by atomic mass is 10.2. The van der Waals surface area contributed by atoms with Crippen molar-refractivity contribution >= 4 is 23.2 Å². The Kier molecular flexibility index (Phi) is 4.44. The Hall–Kier alpha value is -3.11. The van der Waals surface area contributed by atoms with E-state index < -0.39 is 11.9 Å². The van der Waals surface area contributed by atoms with Crippen LogP contribution in [0.2, 0.25) is 0 Å². The van der Waals surface area contributed by atoms with Crippen LogP contribution in [0.1, 0.15) is 12.1 Å². The molecular weight excluding hydrogens is 373 g/mol. The van der Waals surface area contributed by atoms with Crippen molar-refractivity contribution in [2.75, 3.05) is 42.3 Å². The highest BCUT2D eigenvalue weighted by Crippen LogP contribution is 2.31. The van der Waals surface area contributed by atoms with Gasteiger partial charge in [-0.15, -0.1) is 0 Å². The average molecular weight is 392 g/mol. The molecule has 0 radical (unpaired) electrons.